The predicted molar refractivity (Wildman–Crippen MR) is 190 cm³/mol. The van der Waals surface area contributed by atoms with Crippen LogP contribution in [0.4, 0.5) is 11.4 Å². The van der Waals surface area contributed by atoms with Gasteiger partial charge in [0.05, 0.1) is 12.1 Å². The van der Waals surface area contributed by atoms with Gasteiger partial charge in [-0.2, -0.15) is 0 Å². The standard InChI is InChI=1S/C38H32ClN3O4S/c1-25-10-9-11-26(22-25)23-33(42-36(43)28-14-7-4-8-15-28)37(44)40-29-16-19-31(20-17-29)47-35(27-12-5-3-6-13-27)38(45)41-30-18-21-34(46-2)32(39)24-30/h3-24,35H,1-2H3,(H,40,44)(H,41,45)(H,42,43)/b33-23-. The number of anilines is 2. The monoisotopic (exact) mass is 661 g/mol. The first-order valence-electron chi connectivity index (χ1n) is 14.7. The topological polar surface area (TPSA) is 96.5 Å². The fourth-order valence-corrected chi connectivity index (χ4v) is 5.96. The summed E-state index contributed by atoms with van der Waals surface area (Å²) in [5.74, 6) is -0.577. The molecule has 0 saturated carbocycles. The molecule has 0 saturated heterocycles. The van der Waals surface area contributed by atoms with E-state index in [0.29, 0.717) is 27.7 Å². The maximum atomic E-state index is 13.5. The molecule has 0 radical (unpaired) electrons. The molecule has 3 amide bonds. The van der Waals surface area contributed by atoms with Crippen molar-refractivity contribution >= 4 is 58.5 Å². The Bertz CT molecular complexity index is 1900. The smallest absolute Gasteiger partial charge is 0.272 e. The summed E-state index contributed by atoms with van der Waals surface area (Å²) in [5.41, 5.74) is 4.23. The van der Waals surface area contributed by atoms with Gasteiger partial charge in [-0.05, 0) is 78.7 Å². The van der Waals surface area contributed by atoms with E-state index >= 15 is 0 Å². The van der Waals surface area contributed by atoms with Crippen molar-refractivity contribution in [3.63, 3.8) is 0 Å². The SMILES string of the molecule is COc1ccc(NC(=O)C(Sc2ccc(NC(=O)/C(=C/c3cccc(C)c3)NC(=O)c3ccccc3)cc2)c2ccccc2)cc1Cl. The molecule has 5 rings (SSSR count). The molecule has 0 heterocycles. The Kier molecular flexibility index (Phi) is 11.1. The van der Waals surface area contributed by atoms with Gasteiger partial charge >= 0.3 is 0 Å². The third-order valence-electron chi connectivity index (χ3n) is 7.01. The van der Waals surface area contributed by atoms with Crippen LogP contribution in [0.2, 0.25) is 5.02 Å². The van der Waals surface area contributed by atoms with Gasteiger partial charge in [0.1, 0.15) is 16.7 Å². The lowest BCUT2D eigenvalue weighted by atomic mass is 10.1. The van der Waals surface area contributed by atoms with Crippen LogP contribution in [0, 0.1) is 6.92 Å². The number of ether oxygens (including phenoxy) is 1. The van der Waals surface area contributed by atoms with Crippen LogP contribution in [0.1, 0.15) is 32.3 Å². The second kappa shape index (κ2) is 15.8. The third-order valence-corrected chi connectivity index (χ3v) is 8.57. The summed E-state index contributed by atoms with van der Waals surface area (Å²) >= 11 is 7.65. The Morgan fingerprint density at radius 3 is 2.11 bits per heavy atom. The summed E-state index contributed by atoms with van der Waals surface area (Å²) in [4.78, 5) is 40.8. The maximum absolute atomic E-state index is 13.5. The largest absolute Gasteiger partial charge is 0.495 e. The highest BCUT2D eigenvalue weighted by Gasteiger charge is 2.23. The van der Waals surface area contributed by atoms with Gasteiger partial charge in [-0.3, -0.25) is 14.4 Å². The summed E-state index contributed by atoms with van der Waals surface area (Å²) in [6.45, 7) is 1.96. The number of thioether (sulfide) groups is 1. The van der Waals surface area contributed by atoms with E-state index < -0.39 is 17.1 Å². The zero-order valence-corrected chi connectivity index (χ0v) is 27.3. The number of nitrogens with one attached hydrogen (secondary N) is 3. The van der Waals surface area contributed by atoms with Gasteiger partial charge in [0.15, 0.2) is 0 Å². The highest BCUT2D eigenvalue weighted by Crippen LogP contribution is 2.37. The highest BCUT2D eigenvalue weighted by molar-refractivity contribution is 8.00. The van der Waals surface area contributed by atoms with Gasteiger partial charge in [-0.1, -0.05) is 90.0 Å². The van der Waals surface area contributed by atoms with Crippen LogP contribution in [0.25, 0.3) is 6.08 Å². The van der Waals surface area contributed by atoms with Gasteiger partial charge in [0, 0.05) is 21.8 Å². The number of hydrogen-bond donors (Lipinski definition) is 3. The molecule has 1 unspecified atom stereocenters. The summed E-state index contributed by atoms with van der Waals surface area (Å²) in [7, 11) is 1.53. The Morgan fingerprint density at radius 1 is 0.766 bits per heavy atom. The molecule has 0 aliphatic carbocycles. The highest BCUT2D eigenvalue weighted by atomic mass is 35.5. The maximum Gasteiger partial charge on any atom is 0.272 e. The van der Waals surface area contributed by atoms with Crippen molar-refractivity contribution in [1.82, 2.24) is 5.32 Å². The van der Waals surface area contributed by atoms with Crippen molar-refractivity contribution < 1.29 is 19.1 Å². The van der Waals surface area contributed by atoms with Gasteiger partial charge in [-0.15, -0.1) is 11.8 Å². The summed E-state index contributed by atoms with van der Waals surface area (Å²) < 4.78 is 5.22. The number of hydrogen-bond acceptors (Lipinski definition) is 5. The molecule has 9 heteroatoms. The van der Waals surface area contributed by atoms with E-state index in [1.54, 1.807) is 60.7 Å². The lowest BCUT2D eigenvalue weighted by Crippen LogP contribution is -2.30. The minimum atomic E-state index is -0.574. The van der Waals surface area contributed by atoms with Crippen LogP contribution in [0.5, 0.6) is 5.75 Å². The molecule has 0 aromatic heterocycles. The van der Waals surface area contributed by atoms with Crippen molar-refractivity contribution in [1.29, 1.82) is 0 Å². The van der Waals surface area contributed by atoms with Crippen LogP contribution >= 0.6 is 23.4 Å². The number of rotatable bonds is 11. The van der Waals surface area contributed by atoms with E-state index in [1.165, 1.54) is 18.9 Å². The average Bonchev–Trinajstić information content (AvgIpc) is 3.08. The number of carbonyl (C=O) groups excluding carboxylic acids is 3. The minimum absolute atomic E-state index is 0.0994. The molecule has 47 heavy (non-hydrogen) atoms. The van der Waals surface area contributed by atoms with Crippen LogP contribution in [0.15, 0.2) is 138 Å². The first kappa shape index (κ1) is 33.1. The molecule has 0 spiro atoms. The quantitative estimate of drug-likeness (QED) is 0.0974. The molecule has 0 aliphatic rings. The number of methoxy groups -OCH3 is 1. The van der Waals surface area contributed by atoms with Crippen molar-refractivity contribution in [2.24, 2.45) is 0 Å². The molecule has 0 aliphatic heterocycles. The molecule has 3 N–H and O–H groups in total. The number of aryl methyl sites for hydroxylation is 1. The molecular weight excluding hydrogens is 630 g/mol. The van der Waals surface area contributed by atoms with Crippen LogP contribution in [0.3, 0.4) is 0 Å². The first-order valence-corrected chi connectivity index (χ1v) is 16.0. The molecule has 0 bridgehead atoms. The number of benzene rings is 5. The average molecular weight is 662 g/mol. The van der Waals surface area contributed by atoms with Crippen LogP contribution < -0.4 is 20.7 Å². The first-order chi connectivity index (χ1) is 22.8. The molecule has 0 fully saturated rings. The van der Waals surface area contributed by atoms with E-state index in [1.807, 2.05) is 79.7 Å². The lowest BCUT2D eigenvalue weighted by Gasteiger charge is -2.18. The number of carbonyl (C=O) groups is 3. The fourth-order valence-electron chi connectivity index (χ4n) is 4.67. The van der Waals surface area contributed by atoms with E-state index in [4.69, 9.17) is 16.3 Å². The summed E-state index contributed by atoms with van der Waals surface area (Å²) in [5, 5.41) is 8.42. The van der Waals surface area contributed by atoms with Gasteiger partial charge in [-0.25, -0.2) is 0 Å². The van der Waals surface area contributed by atoms with Crippen molar-refractivity contribution in [3.05, 3.63) is 160 Å². The van der Waals surface area contributed by atoms with Crippen molar-refractivity contribution in [2.45, 2.75) is 17.1 Å². The van der Waals surface area contributed by atoms with Crippen LogP contribution in [-0.2, 0) is 9.59 Å². The Hall–Kier alpha value is -5.31. The molecule has 5 aromatic rings. The van der Waals surface area contributed by atoms with E-state index in [2.05, 4.69) is 16.0 Å². The van der Waals surface area contributed by atoms with Gasteiger partial charge in [0.2, 0.25) is 5.91 Å². The second-order valence-electron chi connectivity index (χ2n) is 10.5. The van der Waals surface area contributed by atoms with E-state index in [9.17, 15) is 14.4 Å². The Morgan fingerprint density at radius 2 is 1.45 bits per heavy atom. The lowest BCUT2D eigenvalue weighted by molar-refractivity contribution is -0.116. The van der Waals surface area contributed by atoms with E-state index in [0.717, 1.165) is 21.6 Å². The minimum Gasteiger partial charge on any atom is -0.495 e. The van der Waals surface area contributed by atoms with Gasteiger partial charge < -0.3 is 20.7 Å². The molecule has 7 nitrogen and oxygen atoms in total. The Labute approximate surface area is 283 Å². The van der Waals surface area contributed by atoms with Crippen molar-refractivity contribution in [3.8, 4) is 5.75 Å². The molecule has 1 atom stereocenters. The van der Waals surface area contributed by atoms with Crippen molar-refractivity contribution in [2.75, 3.05) is 17.7 Å². The summed E-state index contributed by atoms with van der Waals surface area (Å²) in [6, 6.07) is 38.1. The predicted octanol–water partition coefficient (Wildman–Crippen LogP) is 8.54. The molecular formula is C38H32ClN3O4S. The number of halogens is 1. The van der Waals surface area contributed by atoms with Crippen LogP contribution in [-0.4, -0.2) is 24.8 Å². The third kappa shape index (κ3) is 9.13. The Balaban J connectivity index is 1.32. The molecule has 5 aromatic carbocycles. The fraction of sp³-hybridized carbons (Fsp3) is 0.0789. The number of amides is 3. The zero-order chi connectivity index (χ0) is 33.2. The second-order valence-corrected chi connectivity index (χ2v) is 12.1. The van der Waals surface area contributed by atoms with E-state index in [-0.39, 0.29) is 11.6 Å². The zero-order valence-electron chi connectivity index (χ0n) is 25.7. The normalized spacial score (nSPS) is 11.7. The summed E-state index contributed by atoms with van der Waals surface area (Å²) in [6.07, 6.45) is 1.65. The molecule has 236 valence electrons. The van der Waals surface area contributed by atoms with Gasteiger partial charge in [0.25, 0.3) is 11.8 Å².